The number of likely N-dealkylation sites (N-methyl/N-ethyl adjacent to an activating group) is 1. The maximum Gasteiger partial charge on any atom is 0.251 e. The van der Waals surface area contributed by atoms with Crippen molar-refractivity contribution >= 4 is 33.1 Å². The summed E-state index contributed by atoms with van der Waals surface area (Å²) < 4.78 is 27.8. The van der Waals surface area contributed by atoms with Crippen molar-refractivity contribution in [1.82, 2.24) is 19.9 Å². The first-order valence-corrected chi connectivity index (χ1v) is 13.1. The summed E-state index contributed by atoms with van der Waals surface area (Å²) in [6.07, 6.45) is 1.77. The van der Waals surface area contributed by atoms with Crippen molar-refractivity contribution in [2.24, 2.45) is 0 Å². The van der Waals surface area contributed by atoms with Gasteiger partial charge in [0.05, 0.1) is 4.90 Å². The molecule has 0 radical (unpaired) electrons. The lowest BCUT2D eigenvalue weighted by atomic mass is 10.2. The molecule has 1 fully saturated rings. The molecule has 0 unspecified atom stereocenters. The highest BCUT2D eigenvalue weighted by Gasteiger charge is 2.17. The molecule has 10 heteroatoms. The van der Waals surface area contributed by atoms with Crippen LogP contribution in [0, 0.1) is 0 Å². The Balaban J connectivity index is 1.34. The van der Waals surface area contributed by atoms with Gasteiger partial charge in [0.15, 0.2) is 0 Å². The van der Waals surface area contributed by atoms with E-state index in [9.17, 15) is 13.2 Å². The van der Waals surface area contributed by atoms with Gasteiger partial charge in [-0.2, -0.15) is 0 Å². The summed E-state index contributed by atoms with van der Waals surface area (Å²) in [5, 5.41) is 4.73. The summed E-state index contributed by atoms with van der Waals surface area (Å²) in [5.41, 5.74) is 1.17. The molecule has 1 saturated heterocycles. The predicted molar refractivity (Wildman–Crippen MR) is 130 cm³/mol. The number of pyridine rings is 1. The summed E-state index contributed by atoms with van der Waals surface area (Å²) in [7, 11) is -1.61. The summed E-state index contributed by atoms with van der Waals surface area (Å²) in [6.45, 7) is 4.44. The molecule has 0 atom stereocenters. The maximum absolute atomic E-state index is 12.6. The highest BCUT2D eigenvalue weighted by molar-refractivity contribution is 7.89. The normalized spacial score (nSPS) is 14.9. The molecular weight excluding hydrogens is 458 g/mol. The summed E-state index contributed by atoms with van der Waals surface area (Å²) in [4.78, 5) is 22.7. The molecule has 0 spiro atoms. The SMILES string of the molecule is CN1CCN(c2ccc(CNC(=O)c3cccc(S(=O)(=O)NCc4cccs4)c3)cn2)CC1. The maximum atomic E-state index is 12.6. The molecular formula is C23H27N5O3S2. The van der Waals surface area contributed by atoms with Gasteiger partial charge in [-0.3, -0.25) is 4.79 Å². The van der Waals surface area contributed by atoms with Gasteiger partial charge in [0, 0.05) is 55.9 Å². The topological polar surface area (TPSA) is 94.6 Å². The van der Waals surface area contributed by atoms with Crippen LogP contribution in [0.15, 0.2) is 65.0 Å². The Labute approximate surface area is 198 Å². The smallest absolute Gasteiger partial charge is 0.251 e. The van der Waals surface area contributed by atoms with Crippen LogP contribution in [0.25, 0.3) is 0 Å². The number of hydrogen-bond acceptors (Lipinski definition) is 7. The van der Waals surface area contributed by atoms with E-state index < -0.39 is 10.0 Å². The molecule has 1 aliphatic rings. The molecule has 0 aliphatic carbocycles. The second-order valence-electron chi connectivity index (χ2n) is 7.93. The predicted octanol–water partition coefficient (Wildman–Crippen LogP) is 2.30. The molecule has 2 N–H and O–H groups in total. The van der Waals surface area contributed by atoms with Crippen LogP contribution < -0.4 is 14.9 Å². The van der Waals surface area contributed by atoms with Crippen molar-refractivity contribution < 1.29 is 13.2 Å². The van der Waals surface area contributed by atoms with Gasteiger partial charge in [-0.15, -0.1) is 11.3 Å². The largest absolute Gasteiger partial charge is 0.354 e. The quantitative estimate of drug-likeness (QED) is 0.509. The summed E-state index contributed by atoms with van der Waals surface area (Å²) >= 11 is 1.48. The lowest BCUT2D eigenvalue weighted by Crippen LogP contribution is -2.44. The molecule has 1 aliphatic heterocycles. The molecule has 8 nitrogen and oxygen atoms in total. The number of hydrogen-bond donors (Lipinski definition) is 2. The number of benzene rings is 1. The molecule has 3 aromatic rings. The highest BCUT2D eigenvalue weighted by Crippen LogP contribution is 2.16. The number of rotatable bonds is 8. The summed E-state index contributed by atoms with van der Waals surface area (Å²) in [5.74, 6) is 0.597. The number of carbonyl (C=O) groups is 1. The monoisotopic (exact) mass is 485 g/mol. The Morgan fingerprint density at radius 2 is 1.88 bits per heavy atom. The van der Waals surface area contributed by atoms with Gasteiger partial charge in [-0.25, -0.2) is 18.1 Å². The number of amides is 1. The lowest BCUT2D eigenvalue weighted by molar-refractivity contribution is 0.0950. The fourth-order valence-electron chi connectivity index (χ4n) is 3.50. The number of nitrogens with one attached hydrogen (secondary N) is 2. The molecule has 4 rings (SSSR count). The lowest BCUT2D eigenvalue weighted by Gasteiger charge is -2.33. The Kier molecular flexibility index (Phi) is 7.39. The average molecular weight is 486 g/mol. The molecule has 1 aromatic carbocycles. The number of aromatic nitrogens is 1. The molecule has 1 amide bonds. The van der Waals surface area contributed by atoms with E-state index in [4.69, 9.17) is 0 Å². The number of anilines is 1. The van der Waals surface area contributed by atoms with Crippen LogP contribution in [0.4, 0.5) is 5.82 Å². The number of thiophene rings is 1. The van der Waals surface area contributed by atoms with Crippen molar-refractivity contribution in [1.29, 1.82) is 0 Å². The van der Waals surface area contributed by atoms with Crippen LogP contribution >= 0.6 is 11.3 Å². The Hall–Kier alpha value is -2.79. The van der Waals surface area contributed by atoms with Gasteiger partial charge in [-0.05, 0) is 48.3 Å². The summed E-state index contributed by atoms with van der Waals surface area (Å²) in [6, 6.07) is 13.7. The van der Waals surface area contributed by atoms with E-state index in [1.54, 1.807) is 18.3 Å². The van der Waals surface area contributed by atoms with Crippen molar-refractivity contribution in [2.75, 3.05) is 38.1 Å². The van der Waals surface area contributed by atoms with Crippen LogP contribution in [-0.2, 0) is 23.1 Å². The van der Waals surface area contributed by atoms with Crippen LogP contribution in [0.3, 0.4) is 0 Å². The number of piperazine rings is 1. The third kappa shape index (κ3) is 6.17. The Bertz CT molecular complexity index is 1170. The Morgan fingerprint density at radius 1 is 1.06 bits per heavy atom. The minimum Gasteiger partial charge on any atom is -0.354 e. The van der Waals surface area contributed by atoms with Crippen LogP contribution in [0.1, 0.15) is 20.8 Å². The zero-order valence-electron chi connectivity index (χ0n) is 18.4. The first-order valence-electron chi connectivity index (χ1n) is 10.7. The fourth-order valence-corrected chi connectivity index (χ4v) is 5.28. The molecule has 3 heterocycles. The second kappa shape index (κ2) is 10.4. The van der Waals surface area contributed by atoms with Crippen LogP contribution in [-0.4, -0.2) is 57.4 Å². The zero-order chi connectivity index (χ0) is 23.3. The van der Waals surface area contributed by atoms with E-state index in [0.29, 0.717) is 6.54 Å². The molecule has 0 bridgehead atoms. The van der Waals surface area contributed by atoms with E-state index in [0.717, 1.165) is 42.4 Å². The minimum atomic E-state index is -3.72. The van der Waals surface area contributed by atoms with E-state index in [1.165, 1.54) is 23.5 Å². The van der Waals surface area contributed by atoms with Gasteiger partial charge in [0.1, 0.15) is 5.82 Å². The van der Waals surface area contributed by atoms with Crippen molar-refractivity contribution in [3.8, 4) is 0 Å². The van der Waals surface area contributed by atoms with Gasteiger partial charge in [0.25, 0.3) is 5.91 Å². The van der Waals surface area contributed by atoms with Crippen molar-refractivity contribution in [3.63, 3.8) is 0 Å². The third-order valence-electron chi connectivity index (χ3n) is 5.51. The van der Waals surface area contributed by atoms with Crippen LogP contribution in [0.2, 0.25) is 0 Å². The van der Waals surface area contributed by atoms with Gasteiger partial charge >= 0.3 is 0 Å². The number of sulfonamides is 1. The average Bonchev–Trinajstić information content (AvgIpc) is 3.36. The van der Waals surface area contributed by atoms with Crippen molar-refractivity contribution in [3.05, 3.63) is 76.1 Å². The first kappa shape index (κ1) is 23.4. The molecule has 0 saturated carbocycles. The highest BCUT2D eigenvalue weighted by atomic mass is 32.2. The molecule has 33 heavy (non-hydrogen) atoms. The van der Waals surface area contributed by atoms with E-state index >= 15 is 0 Å². The zero-order valence-corrected chi connectivity index (χ0v) is 20.0. The third-order valence-corrected chi connectivity index (χ3v) is 7.79. The number of carbonyl (C=O) groups excluding carboxylic acids is 1. The fraction of sp³-hybridized carbons (Fsp3) is 0.304. The first-order chi connectivity index (χ1) is 15.9. The second-order valence-corrected chi connectivity index (χ2v) is 10.7. The standard InChI is InChI=1S/C23H27N5O3S2/c1-27-9-11-28(12-10-27)22-8-7-18(15-24-22)16-25-23(29)19-4-2-6-21(14-19)33(30,31)26-17-20-5-3-13-32-20/h2-8,13-15,26H,9-12,16-17H2,1H3,(H,25,29). The van der Waals surface area contributed by atoms with Crippen LogP contribution in [0.5, 0.6) is 0 Å². The van der Waals surface area contributed by atoms with E-state index in [2.05, 4.69) is 31.9 Å². The van der Waals surface area contributed by atoms with E-state index in [-0.39, 0.29) is 22.9 Å². The minimum absolute atomic E-state index is 0.0601. The number of nitrogens with zero attached hydrogens (tertiary/aromatic N) is 3. The van der Waals surface area contributed by atoms with Gasteiger partial charge in [0.2, 0.25) is 10.0 Å². The Morgan fingerprint density at radius 3 is 2.58 bits per heavy atom. The van der Waals surface area contributed by atoms with Gasteiger partial charge in [-0.1, -0.05) is 18.2 Å². The van der Waals surface area contributed by atoms with Gasteiger partial charge < -0.3 is 15.1 Å². The molecule has 2 aromatic heterocycles. The van der Waals surface area contributed by atoms with Crippen molar-refractivity contribution in [2.45, 2.75) is 18.0 Å². The van der Waals surface area contributed by atoms with E-state index in [1.807, 2.05) is 29.6 Å². The molecule has 174 valence electrons.